The third kappa shape index (κ3) is 4.87. The van der Waals surface area contributed by atoms with Gasteiger partial charge in [0.25, 0.3) is 0 Å². The van der Waals surface area contributed by atoms with Crippen molar-refractivity contribution in [2.45, 2.75) is 19.9 Å². The van der Waals surface area contributed by atoms with Gasteiger partial charge in [-0.2, -0.15) is 0 Å². The van der Waals surface area contributed by atoms with Gasteiger partial charge in [-0.15, -0.1) is 11.3 Å². The lowest BCUT2D eigenvalue weighted by molar-refractivity contribution is 0.340. The van der Waals surface area contributed by atoms with E-state index >= 15 is 0 Å². The fourth-order valence-electron chi connectivity index (χ4n) is 2.53. The van der Waals surface area contributed by atoms with Gasteiger partial charge < -0.3 is 10.1 Å². The topological polar surface area (TPSA) is 34.1 Å². The highest BCUT2D eigenvalue weighted by Crippen LogP contribution is 2.27. The van der Waals surface area contributed by atoms with Gasteiger partial charge in [0.05, 0.1) is 11.5 Å². The largest absolute Gasteiger partial charge is 0.494 e. The molecule has 0 saturated carbocycles. The van der Waals surface area contributed by atoms with E-state index in [9.17, 15) is 4.39 Å². The first-order valence-corrected chi connectivity index (χ1v) is 9.20. The molecule has 1 heterocycles. The number of halogens is 1. The Morgan fingerprint density at radius 1 is 1.12 bits per heavy atom. The molecule has 0 aliphatic heterocycles. The molecule has 0 spiro atoms. The Labute approximate surface area is 151 Å². The van der Waals surface area contributed by atoms with Crippen LogP contribution in [-0.4, -0.2) is 18.1 Å². The number of hydrogen-bond donors (Lipinski definition) is 1. The molecule has 2 aromatic carbocycles. The van der Waals surface area contributed by atoms with Crippen LogP contribution in [0.4, 0.5) is 4.39 Å². The molecule has 1 aromatic heterocycles. The van der Waals surface area contributed by atoms with E-state index < -0.39 is 0 Å². The van der Waals surface area contributed by atoms with Crippen molar-refractivity contribution >= 4 is 11.3 Å². The molecule has 0 bridgehead atoms. The Hall–Kier alpha value is -2.24. The minimum atomic E-state index is -0.142. The van der Waals surface area contributed by atoms with E-state index in [1.54, 1.807) is 17.4 Å². The van der Waals surface area contributed by atoms with E-state index in [4.69, 9.17) is 4.74 Å². The van der Waals surface area contributed by atoms with Crippen LogP contribution in [0, 0.1) is 5.82 Å². The summed E-state index contributed by atoms with van der Waals surface area (Å²) in [4.78, 5) is 5.60. The molecule has 0 radical (unpaired) electrons. The zero-order valence-electron chi connectivity index (χ0n) is 14.2. The van der Waals surface area contributed by atoms with Gasteiger partial charge in [-0.3, -0.25) is 0 Å². The smallest absolute Gasteiger partial charge is 0.126 e. The average molecular weight is 356 g/mol. The fraction of sp³-hybridized carbons (Fsp3) is 0.250. The van der Waals surface area contributed by atoms with Crippen molar-refractivity contribution in [2.75, 3.05) is 13.2 Å². The predicted octanol–water partition coefficient (Wildman–Crippen LogP) is 4.68. The summed E-state index contributed by atoms with van der Waals surface area (Å²) in [6.07, 6.45) is 2.57. The van der Waals surface area contributed by atoms with Gasteiger partial charge in [-0.05, 0) is 61.3 Å². The maximum Gasteiger partial charge on any atom is 0.126 e. The first kappa shape index (κ1) is 17.6. The van der Waals surface area contributed by atoms with Crippen molar-refractivity contribution in [3.8, 4) is 16.2 Å². The van der Waals surface area contributed by atoms with Crippen molar-refractivity contribution in [1.82, 2.24) is 10.3 Å². The Morgan fingerprint density at radius 2 is 1.92 bits per heavy atom. The summed E-state index contributed by atoms with van der Waals surface area (Å²) in [5, 5.41) is 4.35. The lowest BCUT2D eigenvalue weighted by atomic mass is 10.1. The molecule has 25 heavy (non-hydrogen) atoms. The number of nitrogens with one attached hydrogen (secondary N) is 1. The molecule has 5 heteroatoms. The summed E-state index contributed by atoms with van der Waals surface area (Å²) in [6.45, 7) is 4.06. The fourth-order valence-corrected chi connectivity index (χ4v) is 3.42. The molecule has 0 fully saturated rings. The van der Waals surface area contributed by atoms with Crippen LogP contribution in [0.3, 0.4) is 0 Å². The minimum Gasteiger partial charge on any atom is -0.494 e. The first-order chi connectivity index (χ1) is 12.3. The second kappa shape index (κ2) is 8.74. The quantitative estimate of drug-likeness (QED) is 0.595. The van der Waals surface area contributed by atoms with Gasteiger partial charge >= 0.3 is 0 Å². The van der Waals surface area contributed by atoms with Crippen LogP contribution in [0.15, 0.2) is 54.7 Å². The van der Waals surface area contributed by atoms with Crippen molar-refractivity contribution in [3.05, 3.63) is 71.1 Å². The summed E-state index contributed by atoms with van der Waals surface area (Å²) in [5.41, 5.74) is 1.88. The van der Waals surface area contributed by atoms with Gasteiger partial charge in [-0.25, -0.2) is 9.37 Å². The summed E-state index contributed by atoms with van der Waals surface area (Å²) < 4.78 is 19.0. The van der Waals surface area contributed by atoms with Crippen molar-refractivity contribution in [3.63, 3.8) is 0 Å². The van der Waals surface area contributed by atoms with Crippen LogP contribution in [-0.2, 0) is 13.0 Å². The van der Waals surface area contributed by atoms with Gasteiger partial charge in [0, 0.05) is 12.7 Å². The summed E-state index contributed by atoms with van der Waals surface area (Å²) in [5.74, 6) is 0.738. The molecule has 130 valence electrons. The van der Waals surface area contributed by atoms with Crippen LogP contribution in [0.1, 0.15) is 17.5 Å². The Bertz CT molecular complexity index is 801. The van der Waals surface area contributed by atoms with E-state index in [2.05, 4.69) is 10.3 Å². The summed E-state index contributed by atoms with van der Waals surface area (Å²) in [6, 6.07) is 15.0. The highest BCUT2D eigenvalue weighted by atomic mass is 32.1. The Kier molecular flexibility index (Phi) is 6.14. The maximum atomic E-state index is 13.6. The number of rotatable bonds is 8. The monoisotopic (exact) mass is 356 g/mol. The molecule has 0 aliphatic carbocycles. The molecule has 3 aromatic rings. The van der Waals surface area contributed by atoms with Crippen LogP contribution < -0.4 is 10.1 Å². The highest BCUT2D eigenvalue weighted by molar-refractivity contribution is 7.15. The van der Waals surface area contributed by atoms with E-state index in [1.165, 1.54) is 6.07 Å². The second-order valence-electron chi connectivity index (χ2n) is 5.59. The molecule has 0 amide bonds. The molecule has 0 saturated heterocycles. The Balaban J connectivity index is 1.51. The maximum absolute atomic E-state index is 13.6. The lowest BCUT2D eigenvalue weighted by Crippen LogP contribution is -2.16. The molecular formula is C20H21FN2OS. The molecule has 0 atom stereocenters. The second-order valence-corrected chi connectivity index (χ2v) is 6.71. The standard InChI is InChI=1S/C20H21FN2OS/c1-2-24-17-9-7-16(8-10-17)19-13-23-20(25-19)14-22-12-11-15-5-3-4-6-18(15)21/h3-10,13,22H,2,11-12,14H2,1H3. The van der Waals surface area contributed by atoms with Crippen LogP contribution in [0.2, 0.25) is 0 Å². The predicted molar refractivity (Wildman–Crippen MR) is 101 cm³/mol. The molecular weight excluding hydrogens is 335 g/mol. The van der Waals surface area contributed by atoms with E-state index in [-0.39, 0.29) is 5.82 Å². The van der Waals surface area contributed by atoms with Crippen LogP contribution in [0.5, 0.6) is 5.75 Å². The Morgan fingerprint density at radius 3 is 2.68 bits per heavy atom. The molecule has 3 rings (SSSR count). The lowest BCUT2D eigenvalue weighted by Gasteiger charge is -2.04. The number of benzene rings is 2. The number of aromatic nitrogens is 1. The van der Waals surface area contributed by atoms with Crippen molar-refractivity contribution in [1.29, 1.82) is 0 Å². The number of hydrogen-bond acceptors (Lipinski definition) is 4. The third-order valence-corrected chi connectivity index (χ3v) is 4.85. The average Bonchev–Trinajstić information content (AvgIpc) is 3.10. The molecule has 0 aliphatic rings. The van der Waals surface area contributed by atoms with E-state index in [1.807, 2.05) is 49.5 Å². The van der Waals surface area contributed by atoms with Crippen LogP contribution in [0.25, 0.3) is 10.4 Å². The van der Waals surface area contributed by atoms with Crippen molar-refractivity contribution in [2.24, 2.45) is 0 Å². The van der Waals surface area contributed by atoms with Crippen LogP contribution >= 0.6 is 11.3 Å². The van der Waals surface area contributed by atoms with Gasteiger partial charge in [0.15, 0.2) is 0 Å². The van der Waals surface area contributed by atoms with Gasteiger partial charge in [0.1, 0.15) is 16.6 Å². The summed E-state index contributed by atoms with van der Waals surface area (Å²) in [7, 11) is 0. The normalized spacial score (nSPS) is 10.8. The molecule has 1 N–H and O–H groups in total. The number of ether oxygens (including phenoxy) is 1. The van der Waals surface area contributed by atoms with E-state index in [0.717, 1.165) is 33.3 Å². The number of thiazole rings is 1. The van der Waals surface area contributed by atoms with E-state index in [0.29, 0.717) is 19.6 Å². The zero-order chi connectivity index (χ0) is 17.5. The zero-order valence-corrected chi connectivity index (χ0v) is 15.0. The first-order valence-electron chi connectivity index (χ1n) is 8.38. The number of nitrogens with zero attached hydrogens (tertiary/aromatic N) is 1. The van der Waals surface area contributed by atoms with Crippen molar-refractivity contribution < 1.29 is 9.13 Å². The molecule has 3 nitrogen and oxygen atoms in total. The van der Waals surface area contributed by atoms with Gasteiger partial charge in [-0.1, -0.05) is 18.2 Å². The van der Waals surface area contributed by atoms with Gasteiger partial charge in [0.2, 0.25) is 0 Å². The summed E-state index contributed by atoms with van der Waals surface area (Å²) >= 11 is 1.67. The highest BCUT2D eigenvalue weighted by Gasteiger charge is 2.05. The SMILES string of the molecule is CCOc1ccc(-c2cnc(CNCCc3ccccc3F)s2)cc1. The minimum absolute atomic E-state index is 0.142. The third-order valence-electron chi connectivity index (χ3n) is 3.81. The molecule has 0 unspecified atom stereocenters.